The van der Waals surface area contributed by atoms with E-state index in [0.29, 0.717) is 30.5 Å². The summed E-state index contributed by atoms with van der Waals surface area (Å²) >= 11 is 0. The van der Waals surface area contributed by atoms with Crippen molar-refractivity contribution in [1.82, 2.24) is 14.9 Å². The van der Waals surface area contributed by atoms with E-state index >= 15 is 0 Å². The molecule has 2 aromatic rings. The number of aromatic nitrogens is 2. The second-order valence-corrected chi connectivity index (χ2v) is 7.14. The van der Waals surface area contributed by atoms with Crippen molar-refractivity contribution < 1.29 is 18.6 Å². The Morgan fingerprint density at radius 3 is 2.67 bits per heavy atom. The van der Waals surface area contributed by atoms with E-state index in [0.717, 1.165) is 36.6 Å². The van der Waals surface area contributed by atoms with E-state index in [9.17, 15) is 4.39 Å². The summed E-state index contributed by atoms with van der Waals surface area (Å²) in [5, 5.41) is 0. The van der Waals surface area contributed by atoms with Gasteiger partial charge in [0, 0.05) is 42.7 Å². The fourth-order valence-corrected chi connectivity index (χ4v) is 3.69. The van der Waals surface area contributed by atoms with Gasteiger partial charge >= 0.3 is 0 Å². The van der Waals surface area contributed by atoms with E-state index in [-0.39, 0.29) is 18.0 Å². The van der Waals surface area contributed by atoms with Gasteiger partial charge in [0.25, 0.3) is 5.88 Å². The van der Waals surface area contributed by atoms with E-state index in [1.807, 2.05) is 32.9 Å². The van der Waals surface area contributed by atoms with Crippen molar-refractivity contribution in [2.24, 2.45) is 0 Å². The van der Waals surface area contributed by atoms with Crippen LogP contribution in [0.1, 0.15) is 36.5 Å². The van der Waals surface area contributed by atoms with Crippen molar-refractivity contribution in [3.05, 3.63) is 41.1 Å². The topological polar surface area (TPSA) is 56.7 Å². The van der Waals surface area contributed by atoms with Gasteiger partial charge in [-0.05, 0) is 27.2 Å². The highest BCUT2D eigenvalue weighted by Crippen LogP contribution is 2.34. The number of halogens is 1. The van der Waals surface area contributed by atoms with Crippen LogP contribution in [0.25, 0.3) is 0 Å². The zero-order valence-electron chi connectivity index (χ0n) is 15.9. The molecule has 27 heavy (non-hydrogen) atoms. The van der Waals surface area contributed by atoms with Crippen LogP contribution in [0.2, 0.25) is 0 Å². The van der Waals surface area contributed by atoms with Crippen LogP contribution in [-0.4, -0.2) is 47.3 Å². The summed E-state index contributed by atoms with van der Waals surface area (Å²) in [6, 6.07) is 5.10. The standard InChI is InChI=1S/C20H24FN3O3/c1-12-8-16(9-13(2)22-12)27-15-4-5-24(11-15)14(3)19-17(21)10-18-20(23-19)26-7-6-25-18/h8-10,14-15H,4-7,11H2,1-3H3/t14-,15-/m1/s1. The van der Waals surface area contributed by atoms with Crippen LogP contribution in [-0.2, 0) is 0 Å². The third-order valence-corrected chi connectivity index (χ3v) is 4.99. The van der Waals surface area contributed by atoms with Crippen LogP contribution in [0.15, 0.2) is 18.2 Å². The molecule has 2 atom stereocenters. The van der Waals surface area contributed by atoms with Gasteiger partial charge in [-0.25, -0.2) is 9.37 Å². The Morgan fingerprint density at radius 2 is 1.89 bits per heavy atom. The first-order chi connectivity index (χ1) is 13.0. The number of hydrogen-bond donors (Lipinski definition) is 0. The quantitative estimate of drug-likeness (QED) is 0.820. The normalized spacial score (nSPS) is 20.5. The number of aryl methyl sites for hydroxylation is 2. The summed E-state index contributed by atoms with van der Waals surface area (Å²) in [6.45, 7) is 8.27. The number of ether oxygens (including phenoxy) is 3. The number of pyridine rings is 2. The van der Waals surface area contributed by atoms with Gasteiger partial charge in [0.05, 0.1) is 11.7 Å². The molecule has 4 heterocycles. The van der Waals surface area contributed by atoms with E-state index in [1.54, 1.807) is 0 Å². The lowest BCUT2D eigenvalue weighted by molar-refractivity contribution is 0.158. The summed E-state index contributed by atoms with van der Waals surface area (Å²) in [5.74, 6) is 1.22. The molecule has 0 bridgehead atoms. The van der Waals surface area contributed by atoms with Gasteiger partial charge < -0.3 is 14.2 Å². The lowest BCUT2D eigenvalue weighted by Gasteiger charge is -2.26. The van der Waals surface area contributed by atoms with Crippen molar-refractivity contribution >= 4 is 0 Å². The Morgan fingerprint density at radius 1 is 1.15 bits per heavy atom. The van der Waals surface area contributed by atoms with E-state index in [4.69, 9.17) is 14.2 Å². The summed E-state index contributed by atoms with van der Waals surface area (Å²) in [7, 11) is 0. The number of fused-ring (bicyclic) bond motifs is 1. The minimum atomic E-state index is -0.364. The molecule has 2 aliphatic rings. The maximum atomic E-state index is 14.6. The van der Waals surface area contributed by atoms with E-state index in [2.05, 4.69) is 14.9 Å². The summed E-state index contributed by atoms with van der Waals surface area (Å²) in [5.41, 5.74) is 2.27. The summed E-state index contributed by atoms with van der Waals surface area (Å²) in [4.78, 5) is 10.9. The first-order valence-corrected chi connectivity index (χ1v) is 9.31. The second kappa shape index (κ2) is 7.31. The van der Waals surface area contributed by atoms with Gasteiger partial charge in [0.1, 0.15) is 30.9 Å². The lowest BCUT2D eigenvalue weighted by atomic mass is 10.1. The highest BCUT2D eigenvalue weighted by Gasteiger charge is 2.31. The molecule has 1 saturated heterocycles. The Kier molecular flexibility index (Phi) is 4.86. The highest BCUT2D eigenvalue weighted by atomic mass is 19.1. The Hall–Kier alpha value is -2.41. The van der Waals surface area contributed by atoms with Crippen molar-refractivity contribution in [2.75, 3.05) is 26.3 Å². The Labute approximate surface area is 158 Å². The molecular weight excluding hydrogens is 349 g/mol. The van der Waals surface area contributed by atoms with Crippen LogP contribution < -0.4 is 14.2 Å². The molecule has 0 radical (unpaired) electrons. The molecule has 0 aliphatic carbocycles. The molecule has 0 unspecified atom stereocenters. The number of likely N-dealkylation sites (tertiary alicyclic amines) is 1. The largest absolute Gasteiger partial charge is 0.489 e. The molecular formula is C20H24FN3O3. The SMILES string of the molecule is Cc1cc(O[C@@H]2CCN([C@H](C)c3nc4c(cc3F)OCCO4)C2)cc(C)n1. The fraction of sp³-hybridized carbons (Fsp3) is 0.500. The molecule has 2 aromatic heterocycles. The number of nitrogens with zero attached hydrogens (tertiary/aromatic N) is 3. The molecule has 6 nitrogen and oxygen atoms in total. The molecule has 1 fully saturated rings. The lowest BCUT2D eigenvalue weighted by Crippen LogP contribution is -2.29. The van der Waals surface area contributed by atoms with Gasteiger partial charge in [-0.3, -0.25) is 9.88 Å². The van der Waals surface area contributed by atoms with Crippen molar-refractivity contribution in [2.45, 2.75) is 39.3 Å². The number of rotatable bonds is 4. The second-order valence-electron chi connectivity index (χ2n) is 7.14. The van der Waals surface area contributed by atoms with Gasteiger partial charge in [-0.2, -0.15) is 0 Å². The van der Waals surface area contributed by atoms with E-state index < -0.39 is 0 Å². The van der Waals surface area contributed by atoms with Gasteiger partial charge in [0.15, 0.2) is 5.75 Å². The molecule has 2 aliphatic heterocycles. The maximum Gasteiger partial charge on any atom is 0.257 e. The predicted molar refractivity (Wildman–Crippen MR) is 97.9 cm³/mol. The van der Waals surface area contributed by atoms with Gasteiger partial charge in [0.2, 0.25) is 0 Å². The molecule has 0 aromatic carbocycles. The zero-order chi connectivity index (χ0) is 19.0. The molecule has 0 saturated carbocycles. The van der Waals surface area contributed by atoms with Crippen LogP contribution in [0, 0.1) is 19.7 Å². The van der Waals surface area contributed by atoms with Crippen LogP contribution >= 0.6 is 0 Å². The maximum absolute atomic E-state index is 14.6. The third kappa shape index (κ3) is 3.83. The molecule has 0 spiro atoms. The average molecular weight is 373 g/mol. The zero-order valence-corrected chi connectivity index (χ0v) is 15.9. The first-order valence-electron chi connectivity index (χ1n) is 9.31. The van der Waals surface area contributed by atoms with E-state index in [1.165, 1.54) is 6.07 Å². The summed E-state index contributed by atoms with van der Waals surface area (Å²) < 4.78 is 31.6. The summed E-state index contributed by atoms with van der Waals surface area (Å²) in [6.07, 6.45) is 0.950. The Bertz CT molecular complexity index is 825. The minimum Gasteiger partial charge on any atom is -0.489 e. The average Bonchev–Trinajstić information content (AvgIpc) is 3.08. The van der Waals surface area contributed by atoms with Crippen molar-refractivity contribution in [1.29, 1.82) is 0 Å². The van der Waals surface area contributed by atoms with Crippen LogP contribution in [0.5, 0.6) is 17.4 Å². The molecule has 0 amide bonds. The van der Waals surface area contributed by atoms with Crippen LogP contribution in [0.4, 0.5) is 4.39 Å². The molecule has 0 N–H and O–H groups in total. The van der Waals surface area contributed by atoms with Crippen molar-refractivity contribution in [3.8, 4) is 17.4 Å². The van der Waals surface area contributed by atoms with Crippen LogP contribution in [0.3, 0.4) is 0 Å². The highest BCUT2D eigenvalue weighted by molar-refractivity contribution is 5.37. The molecule has 4 rings (SSSR count). The third-order valence-electron chi connectivity index (χ3n) is 4.99. The molecule has 144 valence electrons. The number of hydrogen-bond acceptors (Lipinski definition) is 6. The predicted octanol–water partition coefficient (Wildman–Crippen LogP) is 3.22. The van der Waals surface area contributed by atoms with Gasteiger partial charge in [-0.1, -0.05) is 0 Å². The van der Waals surface area contributed by atoms with Crippen molar-refractivity contribution in [3.63, 3.8) is 0 Å². The van der Waals surface area contributed by atoms with Gasteiger partial charge in [-0.15, -0.1) is 0 Å². The molecule has 7 heteroatoms. The minimum absolute atomic E-state index is 0.0638. The monoisotopic (exact) mass is 373 g/mol. The first kappa shape index (κ1) is 18.0. The Balaban J connectivity index is 1.45. The fourth-order valence-electron chi connectivity index (χ4n) is 3.69. The smallest absolute Gasteiger partial charge is 0.257 e.